The first-order valence-corrected chi connectivity index (χ1v) is 29.9. The van der Waals surface area contributed by atoms with Gasteiger partial charge in [0.25, 0.3) is 6.71 Å². The van der Waals surface area contributed by atoms with Gasteiger partial charge in [-0.15, -0.1) is 11.3 Å². The van der Waals surface area contributed by atoms with E-state index in [1.165, 1.54) is 117 Å². The van der Waals surface area contributed by atoms with E-state index in [9.17, 15) is 0 Å². The van der Waals surface area contributed by atoms with Crippen LogP contribution in [0.1, 0.15) is 191 Å². The Morgan fingerprint density at radius 2 is 1.05 bits per heavy atom. The van der Waals surface area contributed by atoms with Gasteiger partial charge in [0.1, 0.15) is 0 Å². The Balaban J connectivity index is 1.17. The quantitative estimate of drug-likeness (QED) is 0.166. The molecule has 5 aromatic rings. The first-order chi connectivity index (χ1) is 34.6. The van der Waals surface area contributed by atoms with Gasteiger partial charge < -0.3 is 9.80 Å². The van der Waals surface area contributed by atoms with Crippen LogP contribution in [0.2, 0.25) is 0 Å². The highest BCUT2D eigenvalue weighted by Crippen LogP contribution is 2.59. The van der Waals surface area contributed by atoms with Gasteiger partial charge in [-0.2, -0.15) is 0 Å². The molecule has 2 fully saturated rings. The summed E-state index contributed by atoms with van der Waals surface area (Å²) in [7, 11) is 0. The maximum atomic E-state index is 2.91. The third-order valence-corrected chi connectivity index (χ3v) is 23.0. The van der Waals surface area contributed by atoms with E-state index >= 15 is 0 Å². The van der Waals surface area contributed by atoms with E-state index in [0.29, 0.717) is 11.8 Å². The van der Waals surface area contributed by atoms with Crippen molar-refractivity contribution in [1.29, 1.82) is 0 Å². The first kappa shape index (κ1) is 49.1. The normalized spacial score (nSPS) is 27.3. The Morgan fingerprint density at radius 1 is 0.500 bits per heavy atom. The molecule has 2 saturated carbocycles. The van der Waals surface area contributed by atoms with Gasteiger partial charge in [0.2, 0.25) is 0 Å². The highest BCUT2D eigenvalue weighted by Gasteiger charge is 2.52. The Morgan fingerprint density at radius 3 is 1.70 bits per heavy atom. The number of anilines is 4. The molecule has 0 amide bonds. The van der Waals surface area contributed by atoms with E-state index in [1.807, 2.05) is 0 Å². The van der Waals surface area contributed by atoms with Gasteiger partial charge in [-0.25, -0.2) is 0 Å². The minimum atomic E-state index is 0.0660. The highest BCUT2D eigenvalue weighted by molar-refractivity contribution is 7.26. The minimum Gasteiger partial charge on any atom is -0.335 e. The lowest BCUT2D eigenvalue weighted by molar-refractivity contribution is 0.0327. The summed E-state index contributed by atoms with van der Waals surface area (Å²) < 4.78 is 1.44. The standard InChI is InChI=1S/C70H85BN2S/c1-63(2)26-28-65(5,6)49-36-44(22-24-47(49)63)72-56-40-53-52(68(11,12)31-32-69(53,13)14)39-55(56)71-60-46-38-51-54(70(15,16)33-30-67(51,9)10)41-59(46)74-62(60)73(45-23-25-48-50(37-45)66(7,8)29-27-64(48,3)4)58-35-43(34-57(72)61(58)71)42-20-18-17-19-21-42/h17-21,23-25,34-41,44,48,50H,22,26-33H2,1-16H3. The molecule has 3 unspecified atom stereocenters. The second kappa shape index (κ2) is 15.6. The number of hydrogen-bond acceptors (Lipinski definition) is 3. The Bertz CT molecular complexity index is 3350. The van der Waals surface area contributed by atoms with E-state index in [1.54, 1.807) is 33.4 Å². The lowest BCUT2D eigenvalue weighted by Crippen LogP contribution is -2.63. The summed E-state index contributed by atoms with van der Waals surface area (Å²) in [5.74, 6) is 0.943. The van der Waals surface area contributed by atoms with Crippen molar-refractivity contribution in [3.63, 3.8) is 0 Å². The van der Waals surface area contributed by atoms with Gasteiger partial charge >= 0.3 is 0 Å². The molecule has 0 spiro atoms. The number of allylic oxidation sites excluding steroid dienone is 5. The average Bonchev–Trinajstić information content (AvgIpc) is 3.72. The summed E-state index contributed by atoms with van der Waals surface area (Å²) in [6, 6.07) is 27.8. The summed E-state index contributed by atoms with van der Waals surface area (Å²) in [5, 5.41) is 2.89. The van der Waals surface area contributed by atoms with E-state index in [0.717, 1.165) is 6.42 Å². The minimum absolute atomic E-state index is 0.0660. The van der Waals surface area contributed by atoms with Crippen LogP contribution < -0.4 is 26.2 Å². The number of nitrogens with zero attached hydrogens (tertiary/aromatic N) is 2. The van der Waals surface area contributed by atoms with Crippen LogP contribution in [-0.4, -0.2) is 12.8 Å². The maximum absolute atomic E-state index is 2.91. The van der Waals surface area contributed by atoms with Gasteiger partial charge in [-0.05, 0) is 216 Å². The SMILES string of the molecule is CC1(C)CCC(C)(C)C2=CC(N3c4cc5c(cc4B4c6c(cc(-c7ccccc7)cc63)N(C3=CC6C(C=C3)C(C)(C)CCC6(C)C)c3sc6cc7c(cc6c34)C(C)(C)CCC7(C)C)C(C)(C)CCC5(C)C)CC=C21. The van der Waals surface area contributed by atoms with Gasteiger partial charge in [0.15, 0.2) is 0 Å². The van der Waals surface area contributed by atoms with Gasteiger partial charge in [0, 0.05) is 27.5 Å². The van der Waals surface area contributed by atoms with Gasteiger partial charge in [0.05, 0.1) is 11.0 Å². The molecule has 3 atom stereocenters. The number of thiophene rings is 1. The zero-order valence-electron chi connectivity index (χ0n) is 48.2. The fourth-order valence-corrected chi connectivity index (χ4v) is 17.6. The number of benzene rings is 4. The molecular weight excluding hydrogens is 912 g/mol. The molecule has 13 rings (SSSR count). The summed E-state index contributed by atoms with van der Waals surface area (Å²) in [6.07, 6.45) is 24.2. The molecule has 4 aromatic carbocycles. The lowest BCUT2D eigenvalue weighted by Gasteiger charge is -2.53. The zero-order valence-corrected chi connectivity index (χ0v) is 49.0. The van der Waals surface area contributed by atoms with Crippen molar-refractivity contribution in [3.8, 4) is 11.1 Å². The Labute approximate surface area is 451 Å². The van der Waals surface area contributed by atoms with Crippen molar-refractivity contribution in [3.05, 3.63) is 136 Å². The van der Waals surface area contributed by atoms with Crippen LogP contribution in [0, 0.1) is 33.5 Å². The molecule has 4 heteroatoms. The molecule has 3 heterocycles. The molecule has 0 saturated heterocycles. The summed E-state index contributed by atoms with van der Waals surface area (Å²) in [6.45, 7) is 40.5. The molecular formula is C70H85BN2S. The van der Waals surface area contributed by atoms with Crippen LogP contribution >= 0.6 is 11.3 Å². The van der Waals surface area contributed by atoms with Crippen molar-refractivity contribution in [1.82, 2.24) is 0 Å². The van der Waals surface area contributed by atoms with Crippen LogP contribution in [0.3, 0.4) is 0 Å². The van der Waals surface area contributed by atoms with Crippen LogP contribution in [-0.2, 0) is 21.7 Å². The Hall–Kier alpha value is -4.54. The van der Waals surface area contributed by atoms with Crippen LogP contribution in [0.25, 0.3) is 21.2 Å². The lowest BCUT2D eigenvalue weighted by atomic mass is 9.33. The molecule has 6 aliphatic carbocycles. The van der Waals surface area contributed by atoms with Crippen LogP contribution in [0.15, 0.2) is 114 Å². The predicted molar refractivity (Wildman–Crippen MR) is 322 cm³/mol. The van der Waals surface area contributed by atoms with Crippen LogP contribution in [0.5, 0.6) is 0 Å². The second-order valence-electron chi connectivity index (χ2n) is 30.4. The van der Waals surface area contributed by atoms with Gasteiger partial charge in [-0.3, -0.25) is 0 Å². The summed E-state index contributed by atoms with van der Waals surface area (Å²) >= 11 is 2.08. The second-order valence-corrected chi connectivity index (χ2v) is 31.4. The van der Waals surface area contributed by atoms with E-state index in [2.05, 4.69) is 229 Å². The van der Waals surface area contributed by atoms with E-state index in [4.69, 9.17) is 0 Å². The van der Waals surface area contributed by atoms with Crippen molar-refractivity contribution in [2.75, 3.05) is 9.80 Å². The monoisotopic (exact) mass is 997 g/mol. The van der Waals surface area contributed by atoms with E-state index in [-0.39, 0.29) is 56.1 Å². The Kier molecular flexibility index (Phi) is 10.3. The number of fused-ring (bicyclic) bond motifs is 10. The van der Waals surface area contributed by atoms with E-state index < -0.39 is 0 Å². The average molecular weight is 997 g/mol. The topological polar surface area (TPSA) is 6.48 Å². The highest BCUT2D eigenvalue weighted by atomic mass is 32.1. The number of hydrogen-bond donors (Lipinski definition) is 0. The molecule has 1 aromatic heterocycles. The maximum Gasteiger partial charge on any atom is 0.254 e. The molecule has 2 nitrogen and oxygen atoms in total. The molecule has 74 heavy (non-hydrogen) atoms. The summed E-state index contributed by atoms with van der Waals surface area (Å²) in [5.41, 5.74) is 23.1. The molecule has 2 aliphatic heterocycles. The fraction of sp³-hybridized carbons (Fsp3) is 0.514. The largest absolute Gasteiger partial charge is 0.335 e. The van der Waals surface area contributed by atoms with Crippen LogP contribution in [0.4, 0.5) is 22.1 Å². The van der Waals surface area contributed by atoms with Crippen molar-refractivity contribution >= 4 is 66.6 Å². The van der Waals surface area contributed by atoms with Crippen molar-refractivity contribution < 1.29 is 0 Å². The third-order valence-electron chi connectivity index (χ3n) is 21.8. The van der Waals surface area contributed by atoms with Gasteiger partial charge in [-0.1, -0.05) is 171 Å². The summed E-state index contributed by atoms with van der Waals surface area (Å²) in [4.78, 5) is 5.73. The molecule has 0 bridgehead atoms. The smallest absolute Gasteiger partial charge is 0.254 e. The molecule has 0 N–H and O–H groups in total. The van der Waals surface area contributed by atoms with Crippen molar-refractivity contribution in [2.24, 2.45) is 33.5 Å². The third kappa shape index (κ3) is 7.06. The fourth-order valence-electron chi connectivity index (χ4n) is 16.3. The molecule has 384 valence electrons. The molecule has 8 aliphatic rings. The number of rotatable bonds is 3. The zero-order chi connectivity index (χ0) is 52.2. The van der Waals surface area contributed by atoms with Crippen molar-refractivity contribution in [2.45, 2.75) is 196 Å². The molecule has 0 radical (unpaired) electrons. The first-order valence-electron chi connectivity index (χ1n) is 29.1. The predicted octanol–water partition coefficient (Wildman–Crippen LogP) is 17.7.